The molecular formula is C20H35IN4O. The number of carbonyl (C=O) groups excluding carboxylic acids is 1. The number of amides is 1. The predicted molar refractivity (Wildman–Crippen MR) is 123 cm³/mol. The molecule has 0 radical (unpaired) electrons. The van der Waals surface area contributed by atoms with E-state index in [4.69, 9.17) is 0 Å². The van der Waals surface area contributed by atoms with Crippen LogP contribution in [0.1, 0.15) is 52.5 Å². The molecule has 1 aromatic carbocycles. The van der Waals surface area contributed by atoms with E-state index < -0.39 is 0 Å². The molecule has 1 rings (SSSR count). The van der Waals surface area contributed by atoms with Crippen LogP contribution in [0, 0.1) is 5.92 Å². The molecule has 26 heavy (non-hydrogen) atoms. The number of rotatable bonds is 10. The summed E-state index contributed by atoms with van der Waals surface area (Å²) in [7, 11) is 0. The van der Waals surface area contributed by atoms with Crippen LogP contribution in [0.3, 0.4) is 0 Å². The standard InChI is InChI=1S/C20H34N4O.HI/c1-5-21-20(22-14-7-6-8-16(2)3)23-15-13-18-9-11-19(12-10-18)24-17(4)25;/h9-12,16H,5-8,13-15H2,1-4H3,(H,24,25)(H2,21,22,23);1H. The van der Waals surface area contributed by atoms with Crippen LogP contribution in [-0.4, -0.2) is 31.5 Å². The Labute approximate surface area is 175 Å². The Morgan fingerprint density at radius 2 is 1.81 bits per heavy atom. The molecule has 0 saturated heterocycles. The van der Waals surface area contributed by atoms with Crippen molar-refractivity contribution in [2.75, 3.05) is 25.0 Å². The van der Waals surface area contributed by atoms with E-state index in [9.17, 15) is 4.79 Å². The highest BCUT2D eigenvalue weighted by molar-refractivity contribution is 14.0. The molecule has 1 aromatic rings. The SMILES string of the molecule is CCNC(=NCCCCC(C)C)NCCc1ccc(NC(C)=O)cc1.I. The van der Waals surface area contributed by atoms with E-state index in [1.165, 1.54) is 25.3 Å². The lowest BCUT2D eigenvalue weighted by atomic mass is 10.1. The second-order valence-electron chi connectivity index (χ2n) is 6.71. The van der Waals surface area contributed by atoms with Gasteiger partial charge < -0.3 is 16.0 Å². The van der Waals surface area contributed by atoms with Gasteiger partial charge in [0.2, 0.25) is 5.91 Å². The molecule has 0 aliphatic heterocycles. The minimum Gasteiger partial charge on any atom is -0.357 e. The first-order valence-corrected chi connectivity index (χ1v) is 9.40. The Morgan fingerprint density at radius 3 is 2.38 bits per heavy atom. The van der Waals surface area contributed by atoms with Crippen molar-refractivity contribution in [1.29, 1.82) is 0 Å². The fourth-order valence-corrected chi connectivity index (χ4v) is 2.48. The zero-order chi connectivity index (χ0) is 18.5. The highest BCUT2D eigenvalue weighted by Gasteiger charge is 2.00. The quantitative estimate of drug-likeness (QED) is 0.206. The van der Waals surface area contributed by atoms with Crippen molar-refractivity contribution in [3.8, 4) is 0 Å². The van der Waals surface area contributed by atoms with Crippen molar-refractivity contribution in [2.24, 2.45) is 10.9 Å². The van der Waals surface area contributed by atoms with Gasteiger partial charge in [-0.25, -0.2) is 0 Å². The summed E-state index contributed by atoms with van der Waals surface area (Å²) < 4.78 is 0. The topological polar surface area (TPSA) is 65.5 Å². The fourth-order valence-electron chi connectivity index (χ4n) is 2.48. The molecule has 0 aliphatic rings. The smallest absolute Gasteiger partial charge is 0.221 e. The Bertz CT molecular complexity index is 529. The van der Waals surface area contributed by atoms with Crippen LogP contribution in [0.2, 0.25) is 0 Å². The Hall–Kier alpha value is -1.31. The van der Waals surface area contributed by atoms with Crippen molar-refractivity contribution < 1.29 is 4.79 Å². The van der Waals surface area contributed by atoms with Crippen molar-refractivity contribution in [3.63, 3.8) is 0 Å². The van der Waals surface area contributed by atoms with E-state index in [0.29, 0.717) is 0 Å². The van der Waals surface area contributed by atoms with Gasteiger partial charge in [0.25, 0.3) is 0 Å². The van der Waals surface area contributed by atoms with Crippen LogP contribution in [0.5, 0.6) is 0 Å². The number of unbranched alkanes of at least 4 members (excludes halogenated alkanes) is 1. The summed E-state index contributed by atoms with van der Waals surface area (Å²) in [6.45, 7) is 10.7. The van der Waals surface area contributed by atoms with Crippen molar-refractivity contribution in [1.82, 2.24) is 10.6 Å². The molecule has 0 aromatic heterocycles. The van der Waals surface area contributed by atoms with Gasteiger partial charge >= 0.3 is 0 Å². The molecule has 0 saturated carbocycles. The van der Waals surface area contributed by atoms with E-state index in [1.807, 2.05) is 24.3 Å². The molecule has 0 unspecified atom stereocenters. The number of aliphatic imine (C=N–C) groups is 1. The molecule has 3 N–H and O–H groups in total. The first-order chi connectivity index (χ1) is 12.0. The number of nitrogens with zero attached hydrogens (tertiary/aromatic N) is 1. The van der Waals surface area contributed by atoms with Gasteiger partial charge in [0.15, 0.2) is 5.96 Å². The number of hydrogen-bond acceptors (Lipinski definition) is 2. The second-order valence-corrected chi connectivity index (χ2v) is 6.71. The minimum atomic E-state index is -0.0469. The largest absolute Gasteiger partial charge is 0.357 e. The van der Waals surface area contributed by atoms with Crippen LogP contribution in [0.15, 0.2) is 29.3 Å². The van der Waals surface area contributed by atoms with Crippen molar-refractivity contribution >= 4 is 41.5 Å². The maximum atomic E-state index is 11.0. The summed E-state index contributed by atoms with van der Waals surface area (Å²) in [6.07, 6.45) is 4.56. The van der Waals surface area contributed by atoms with Crippen LogP contribution < -0.4 is 16.0 Å². The van der Waals surface area contributed by atoms with Gasteiger partial charge in [0, 0.05) is 32.2 Å². The highest BCUT2D eigenvalue weighted by Crippen LogP contribution is 2.09. The normalized spacial score (nSPS) is 11.0. The third-order valence-electron chi connectivity index (χ3n) is 3.78. The van der Waals surface area contributed by atoms with Crippen LogP contribution >= 0.6 is 24.0 Å². The number of guanidine groups is 1. The Morgan fingerprint density at radius 1 is 1.12 bits per heavy atom. The third-order valence-corrected chi connectivity index (χ3v) is 3.78. The lowest BCUT2D eigenvalue weighted by Gasteiger charge is -2.12. The summed E-state index contributed by atoms with van der Waals surface area (Å²) >= 11 is 0. The van der Waals surface area contributed by atoms with Crippen molar-refractivity contribution in [3.05, 3.63) is 29.8 Å². The van der Waals surface area contributed by atoms with Crippen molar-refractivity contribution in [2.45, 2.75) is 53.4 Å². The van der Waals surface area contributed by atoms with E-state index in [2.05, 4.69) is 41.7 Å². The number of hydrogen-bond donors (Lipinski definition) is 3. The molecule has 6 heteroatoms. The van der Waals surface area contributed by atoms with Gasteiger partial charge in [0.05, 0.1) is 0 Å². The fraction of sp³-hybridized carbons (Fsp3) is 0.600. The average molecular weight is 474 g/mol. The highest BCUT2D eigenvalue weighted by atomic mass is 127. The lowest BCUT2D eigenvalue weighted by Crippen LogP contribution is -2.38. The number of nitrogens with one attached hydrogen (secondary N) is 3. The molecule has 1 amide bonds. The molecule has 0 spiro atoms. The van der Waals surface area contributed by atoms with Gasteiger partial charge in [-0.1, -0.05) is 38.8 Å². The number of carbonyl (C=O) groups is 1. The summed E-state index contributed by atoms with van der Waals surface area (Å²) in [4.78, 5) is 15.7. The Kier molecular flexibility index (Phi) is 14.1. The maximum Gasteiger partial charge on any atom is 0.221 e. The lowest BCUT2D eigenvalue weighted by molar-refractivity contribution is -0.114. The monoisotopic (exact) mass is 474 g/mol. The van der Waals surface area contributed by atoms with Crippen LogP contribution in [0.25, 0.3) is 0 Å². The van der Waals surface area contributed by atoms with E-state index in [-0.39, 0.29) is 29.9 Å². The molecule has 148 valence electrons. The molecule has 0 aliphatic carbocycles. The van der Waals surface area contributed by atoms with Gasteiger partial charge in [-0.15, -0.1) is 24.0 Å². The zero-order valence-corrected chi connectivity index (χ0v) is 18.9. The summed E-state index contributed by atoms with van der Waals surface area (Å²) in [5.41, 5.74) is 2.06. The summed E-state index contributed by atoms with van der Waals surface area (Å²) in [5.74, 6) is 1.61. The Balaban J connectivity index is 0.00000625. The summed E-state index contributed by atoms with van der Waals surface area (Å²) in [6, 6.07) is 7.96. The number of anilines is 1. The second kappa shape index (κ2) is 14.8. The number of halogens is 1. The van der Waals surface area contributed by atoms with Gasteiger partial charge in [-0.2, -0.15) is 0 Å². The molecular weight excluding hydrogens is 439 g/mol. The average Bonchev–Trinajstić information content (AvgIpc) is 2.55. The first kappa shape index (κ1) is 24.7. The van der Waals surface area contributed by atoms with E-state index in [0.717, 1.165) is 50.0 Å². The maximum absolute atomic E-state index is 11.0. The summed E-state index contributed by atoms with van der Waals surface area (Å²) in [5, 5.41) is 9.46. The zero-order valence-electron chi connectivity index (χ0n) is 16.6. The molecule has 0 fully saturated rings. The third kappa shape index (κ3) is 12.1. The van der Waals surface area contributed by atoms with Crippen LogP contribution in [-0.2, 0) is 11.2 Å². The predicted octanol–water partition coefficient (Wildman–Crippen LogP) is 4.19. The van der Waals surface area contributed by atoms with Gasteiger partial charge in [-0.05, 0) is 43.4 Å². The van der Waals surface area contributed by atoms with Gasteiger partial charge in [0.1, 0.15) is 0 Å². The minimum absolute atomic E-state index is 0. The van der Waals surface area contributed by atoms with E-state index >= 15 is 0 Å². The number of benzene rings is 1. The molecule has 0 bridgehead atoms. The van der Waals surface area contributed by atoms with Gasteiger partial charge in [-0.3, -0.25) is 9.79 Å². The molecule has 0 heterocycles. The van der Waals surface area contributed by atoms with E-state index in [1.54, 1.807) is 0 Å². The molecule has 0 atom stereocenters. The first-order valence-electron chi connectivity index (χ1n) is 9.40. The molecule has 5 nitrogen and oxygen atoms in total. The van der Waals surface area contributed by atoms with Crippen LogP contribution in [0.4, 0.5) is 5.69 Å².